The van der Waals surface area contributed by atoms with Crippen LogP contribution in [0.5, 0.6) is 5.75 Å². The summed E-state index contributed by atoms with van der Waals surface area (Å²) in [5, 5.41) is 2.92. The molecule has 0 atom stereocenters. The van der Waals surface area contributed by atoms with E-state index in [1.165, 1.54) is 26.4 Å². The van der Waals surface area contributed by atoms with Gasteiger partial charge in [0.2, 0.25) is 0 Å². The number of methoxy groups -OCH3 is 2. The number of alkyl carbamates (subject to hydrolysis) is 1. The maximum atomic E-state index is 12.7. The van der Waals surface area contributed by atoms with Crippen molar-refractivity contribution in [2.24, 2.45) is 5.92 Å². The first kappa shape index (κ1) is 33.1. The van der Waals surface area contributed by atoms with Crippen LogP contribution in [0.4, 0.5) is 4.79 Å². The number of carbonyl (C=O) groups is 3. The number of hydrogen-bond donors (Lipinski definition) is 1. The summed E-state index contributed by atoms with van der Waals surface area (Å²) in [6, 6.07) is 12.6. The van der Waals surface area contributed by atoms with Crippen molar-refractivity contribution >= 4 is 18.0 Å². The molecule has 0 unspecified atom stereocenters. The first-order chi connectivity index (χ1) is 20.2. The van der Waals surface area contributed by atoms with E-state index in [9.17, 15) is 14.4 Å². The average Bonchev–Trinajstić information content (AvgIpc) is 2.94. The summed E-state index contributed by atoms with van der Waals surface area (Å²) in [7, 11) is 2.53. The van der Waals surface area contributed by atoms with Gasteiger partial charge in [-0.15, -0.1) is 0 Å². The lowest BCUT2D eigenvalue weighted by molar-refractivity contribution is 0.0521. The van der Waals surface area contributed by atoms with E-state index < -0.39 is 23.6 Å². The minimum Gasteiger partial charge on any atom is -0.488 e. The highest BCUT2D eigenvalue weighted by Gasteiger charge is 2.24. The fourth-order valence-corrected chi connectivity index (χ4v) is 4.63. The van der Waals surface area contributed by atoms with Crippen molar-refractivity contribution in [3.8, 4) is 16.9 Å². The van der Waals surface area contributed by atoms with E-state index >= 15 is 0 Å². The van der Waals surface area contributed by atoms with Gasteiger partial charge >= 0.3 is 18.0 Å². The molecule has 1 aromatic heterocycles. The van der Waals surface area contributed by atoms with Crippen molar-refractivity contribution in [1.29, 1.82) is 0 Å². The van der Waals surface area contributed by atoms with E-state index in [2.05, 4.69) is 19.2 Å². The van der Waals surface area contributed by atoms with Crippen LogP contribution in [0.2, 0.25) is 0 Å². The molecule has 1 amide bonds. The van der Waals surface area contributed by atoms with Gasteiger partial charge in [0, 0.05) is 29.1 Å². The number of amides is 1. The average molecular weight is 591 g/mol. The molecule has 0 radical (unpaired) electrons. The lowest BCUT2D eigenvalue weighted by atomic mass is 9.90. The third-order valence-corrected chi connectivity index (χ3v) is 6.62. The smallest absolute Gasteiger partial charge is 0.407 e. The van der Waals surface area contributed by atoms with Crippen LogP contribution in [-0.4, -0.2) is 42.8 Å². The van der Waals surface area contributed by atoms with E-state index in [0.717, 1.165) is 39.2 Å². The second-order valence-corrected chi connectivity index (χ2v) is 11.8. The Bertz CT molecular complexity index is 1470. The Morgan fingerprint density at radius 1 is 0.907 bits per heavy atom. The molecule has 0 saturated carbocycles. The molecule has 3 rings (SSSR count). The number of carbonyl (C=O) groups excluding carboxylic acids is 3. The van der Waals surface area contributed by atoms with E-state index in [1.807, 2.05) is 58.9 Å². The zero-order valence-electron chi connectivity index (χ0n) is 26.5. The van der Waals surface area contributed by atoms with Crippen LogP contribution in [0, 0.1) is 19.8 Å². The number of esters is 2. The Balaban J connectivity index is 2.15. The molecular weight excluding hydrogens is 548 g/mol. The first-order valence-electron chi connectivity index (χ1n) is 14.2. The van der Waals surface area contributed by atoms with Crippen molar-refractivity contribution in [1.82, 2.24) is 10.3 Å². The number of ether oxygens (including phenoxy) is 4. The fraction of sp³-hybridized carbons (Fsp3) is 0.412. The predicted octanol–water partition coefficient (Wildman–Crippen LogP) is 6.74. The van der Waals surface area contributed by atoms with Gasteiger partial charge in [0.25, 0.3) is 0 Å². The van der Waals surface area contributed by atoms with E-state index in [4.69, 9.17) is 23.9 Å². The molecule has 9 nitrogen and oxygen atoms in total. The molecule has 0 aliphatic rings. The van der Waals surface area contributed by atoms with Crippen LogP contribution in [0.15, 0.2) is 42.5 Å². The molecule has 0 bridgehead atoms. The highest BCUT2D eigenvalue weighted by Crippen LogP contribution is 2.34. The Morgan fingerprint density at radius 2 is 1.56 bits per heavy atom. The second kappa shape index (κ2) is 14.2. The van der Waals surface area contributed by atoms with Crippen molar-refractivity contribution in [3.05, 3.63) is 81.7 Å². The standard InChI is InChI=1S/C34H42N2O7/c1-20(2)16-28-26(18-35-33(39)43-34(5,6)7)30(23-12-10-21(3)11-13-23)27(22(4)36-28)19-42-29-15-14-24(31(37)40-8)17-25(29)32(38)41-9/h10-15,17,20H,16,18-19H2,1-9H3,(H,35,39). The van der Waals surface area contributed by atoms with Crippen LogP contribution >= 0.6 is 0 Å². The van der Waals surface area contributed by atoms with Crippen molar-refractivity contribution in [2.45, 2.75) is 73.6 Å². The lowest BCUT2D eigenvalue weighted by Crippen LogP contribution is -2.32. The molecule has 0 spiro atoms. The summed E-state index contributed by atoms with van der Waals surface area (Å²) in [5.41, 5.74) is 5.89. The summed E-state index contributed by atoms with van der Waals surface area (Å²) in [6.45, 7) is 13.9. The molecule has 0 fully saturated rings. The van der Waals surface area contributed by atoms with Gasteiger partial charge in [0.05, 0.1) is 19.8 Å². The van der Waals surface area contributed by atoms with E-state index in [-0.39, 0.29) is 30.0 Å². The molecule has 0 aliphatic carbocycles. The summed E-state index contributed by atoms with van der Waals surface area (Å²) >= 11 is 0. The number of aromatic nitrogens is 1. The molecule has 1 N–H and O–H groups in total. The predicted molar refractivity (Wildman–Crippen MR) is 164 cm³/mol. The normalized spacial score (nSPS) is 11.2. The van der Waals surface area contributed by atoms with Crippen molar-refractivity contribution in [3.63, 3.8) is 0 Å². The van der Waals surface area contributed by atoms with Crippen LogP contribution in [0.3, 0.4) is 0 Å². The number of hydrogen-bond acceptors (Lipinski definition) is 8. The number of rotatable bonds is 10. The maximum absolute atomic E-state index is 12.7. The van der Waals surface area contributed by atoms with Gasteiger partial charge in [-0.3, -0.25) is 4.98 Å². The SMILES string of the molecule is COC(=O)c1ccc(OCc2c(C)nc(CC(C)C)c(CNC(=O)OC(C)(C)C)c2-c2ccc(C)cc2)c(C(=O)OC)c1. The zero-order valence-corrected chi connectivity index (χ0v) is 26.5. The monoisotopic (exact) mass is 590 g/mol. The molecular formula is C34H42N2O7. The maximum Gasteiger partial charge on any atom is 0.407 e. The molecule has 0 saturated heterocycles. The van der Waals surface area contributed by atoms with Crippen molar-refractivity contribution < 1.29 is 33.3 Å². The minimum atomic E-state index is -0.649. The number of nitrogens with zero attached hydrogens (tertiary/aromatic N) is 1. The van der Waals surface area contributed by atoms with Gasteiger partial charge in [0.15, 0.2) is 0 Å². The van der Waals surface area contributed by atoms with E-state index in [1.54, 1.807) is 6.07 Å². The summed E-state index contributed by atoms with van der Waals surface area (Å²) in [4.78, 5) is 42.4. The quantitative estimate of drug-likeness (QED) is 0.204. The number of nitrogens with one attached hydrogen (secondary N) is 1. The van der Waals surface area contributed by atoms with Crippen LogP contribution in [-0.2, 0) is 33.8 Å². The Kier molecular flexibility index (Phi) is 10.9. The molecule has 230 valence electrons. The topological polar surface area (TPSA) is 113 Å². The summed E-state index contributed by atoms with van der Waals surface area (Å²) in [5.74, 6) is -0.672. The van der Waals surface area contributed by atoms with Crippen molar-refractivity contribution in [2.75, 3.05) is 14.2 Å². The molecule has 1 heterocycles. The zero-order chi connectivity index (χ0) is 31.9. The van der Waals surface area contributed by atoms with Gasteiger partial charge in [-0.25, -0.2) is 14.4 Å². The van der Waals surface area contributed by atoms with Gasteiger partial charge in [0.1, 0.15) is 23.5 Å². The largest absolute Gasteiger partial charge is 0.488 e. The van der Waals surface area contributed by atoms with Crippen LogP contribution < -0.4 is 10.1 Å². The fourth-order valence-electron chi connectivity index (χ4n) is 4.63. The highest BCUT2D eigenvalue weighted by atomic mass is 16.6. The Labute approximate surface area is 253 Å². The molecule has 2 aromatic carbocycles. The Hall–Kier alpha value is -4.40. The number of pyridine rings is 1. The van der Waals surface area contributed by atoms with E-state index in [0.29, 0.717) is 12.3 Å². The highest BCUT2D eigenvalue weighted by molar-refractivity contribution is 5.97. The van der Waals surface area contributed by atoms with Gasteiger partial charge in [-0.1, -0.05) is 43.7 Å². The Morgan fingerprint density at radius 3 is 2.14 bits per heavy atom. The summed E-state index contributed by atoms with van der Waals surface area (Å²) in [6.07, 6.45) is 0.179. The molecule has 3 aromatic rings. The molecule has 43 heavy (non-hydrogen) atoms. The van der Waals surface area contributed by atoms with Gasteiger partial charge in [-0.2, -0.15) is 0 Å². The van der Waals surface area contributed by atoms with Crippen LogP contribution in [0.1, 0.15) is 83.4 Å². The third-order valence-electron chi connectivity index (χ3n) is 6.62. The number of aryl methyl sites for hydroxylation is 2. The van der Waals surface area contributed by atoms with Gasteiger partial charge in [-0.05, 0) is 76.3 Å². The first-order valence-corrected chi connectivity index (χ1v) is 14.2. The van der Waals surface area contributed by atoms with Crippen LogP contribution in [0.25, 0.3) is 11.1 Å². The minimum absolute atomic E-state index is 0.0605. The molecule has 0 aliphatic heterocycles. The molecule has 9 heteroatoms. The summed E-state index contributed by atoms with van der Waals surface area (Å²) < 4.78 is 21.5. The lowest BCUT2D eigenvalue weighted by Gasteiger charge is -2.24. The third kappa shape index (κ3) is 8.80. The number of benzene rings is 2. The second-order valence-electron chi connectivity index (χ2n) is 11.8. The van der Waals surface area contributed by atoms with Gasteiger partial charge < -0.3 is 24.3 Å².